The fourth-order valence-corrected chi connectivity index (χ4v) is 4.84. The topological polar surface area (TPSA) is 49.5 Å². The molecule has 1 atom stereocenters. The van der Waals surface area contributed by atoms with Crippen molar-refractivity contribution >= 4 is 8.80 Å². The smallest absolute Gasteiger partial charge is 0.379 e. The van der Waals surface area contributed by atoms with Gasteiger partial charge in [0.2, 0.25) is 0 Å². The standard InChI is InChI=1S/C15H32O5Si/c1-4-9-19-21(18-6-3,20-10-5-2)12-8-7-11-16-13-15-14-17-15/h15H,4-14H2,1-3H3. The Morgan fingerprint density at radius 2 is 1.62 bits per heavy atom. The van der Waals surface area contributed by atoms with Crippen LogP contribution in [-0.4, -0.2) is 54.5 Å². The Morgan fingerprint density at radius 1 is 0.952 bits per heavy atom. The van der Waals surface area contributed by atoms with E-state index in [0.29, 0.717) is 25.9 Å². The second-order valence-corrected chi connectivity index (χ2v) is 8.03. The van der Waals surface area contributed by atoms with Gasteiger partial charge in [0.1, 0.15) is 6.10 Å². The first kappa shape index (κ1) is 19.1. The quantitative estimate of drug-likeness (QED) is 0.264. The summed E-state index contributed by atoms with van der Waals surface area (Å²) in [5.41, 5.74) is 0. The Labute approximate surface area is 130 Å². The summed E-state index contributed by atoms with van der Waals surface area (Å²) in [6.45, 7) is 10.7. The van der Waals surface area contributed by atoms with Crippen LogP contribution in [-0.2, 0) is 22.8 Å². The van der Waals surface area contributed by atoms with E-state index in [4.69, 9.17) is 22.8 Å². The second kappa shape index (κ2) is 11.6. The summed E-state index contributed by atoms with van der Waals surface area (Å²) >= 11 is 0. The van der Waals surface area contributed by atoms with Crippen molar-refractivity contribution in [3.05, 3.63) is 0 Å². The Hall–Kier alpha value is 0.0169. The van der Waals surface area contributed by atoms with Crippen LogP contribution in [0.4, 0.5) is 0 Å². The number of ether oxygens (including phenoxy) is 2. The summed E-state index contributed by atoms with van der Waals surface area (Å²) in [6.07, 6.45) is 4.36. The van der Waals surface area contributed by atoms with Gasteiger partial charge in [-0.1, -0.05) is 13.8 Å². The highest BCUT2D eigenvalue weighted by molar-refractivity contribution is 6.60. The number of rotatable bonds is 15. The van der Waals surface area contributed by atoms with Gasteiger partial charge in [-0.15, -0.1) is 0 Å². The lowest BCUT2D eigenvalue weighted by atomic mass is 10.3. The van der Waals surface area contributed by atoms with Gasteiger partial charge in [-0.25, -0.2) is 0 Å². The third kappa shape index (κ3) is 8.90. The van der Waals surface area contributed by atoms with Gasteiger partial charge in [0, 0.05) is 32.5 Å². The lowest BCUT2D eigenvalue weighted by molar-refractivity contribution is 0.0611. The molecule has 0 aromatic carbocycles. The van der Waals surface area contributed by atoms with Crippen molar-refractivity contribution in [2.24, 2.45) is 0 Å². The molecule has 0 N–H and O–H groups in total. The van der Waals surface area contributed by atoms with Crippen LogP contribution in [0.15, 0.2) is 0 Å². The van der Waals surface area contributed by atoms with Gasteiger partial charge in [0.25, 0.3) is 0 Å². The molecular formula is C15H32O5Si. The van der Waals surface area contributed by atoms with E-state index in [-0.39, 0.29) is 0 Å². The second-order valence-electron chi connectivity index (χ2n) is 5.30. The average molecular weight is 321 g/mol. The third-order valence-electron chi connectivity index (χ3n) is 3.14. The van der Waals surface area contributed by atoms with Crippen LogP contribution in [0.25, 0.3) is 0 Å². The molecule has 1 aliphatic rings. The lowest BCUT2D eigenvalue weighted by Crippen LogP contribution is -2.46. The molecule has 0 aromatic rings. The van der Waals surface area contributed by atoms with Gasteiger partial charge < -0.3 is 22.8 Å². The highest BCUT2D eigenvalue weighted by atomic mass is 28.4. The van der Waals surface area contributed by atoms with Gasteiger partial charge in [0.15, 0.2) is 0 Å². The summed E-state index contributed by atoms with van der Waals surface area (Å²) in [7, 11) is -2.49. The van der Waals surface area contributed by atoms with E-state index in [1.165, 1.54) is 0 Å². The highest BCUT2D eigenvalue weighted by Gasteiger charge is 2.39. The first-order chi connectivity index (χ1) is 10.3. The molecular weight excluding hydrogens is 288 g/mol. The molecule has 0 saturated carbocycles. The number of hydrogen-bond donors (Lipinski definition) is 0. The molecule has 21 heavy (non-hydrogen) atoms. The monoisotopic (exact) mass is 320 g/mol. The maximum atomic E-state index is 6.01. The predicted molar refractivity (Wildman–Crippen MR) is 84.5 cm³/mol. The fourth-order valence-electron chi connectivity index (χ4n) is 2.00. The number of epoxide rings is 1. The molecule has 1 unspecified atom stereocenters. The molecule has 0 radical (unpaired) electrons. The molecule has 0 spiro atoms. The fraction of sp³-hybridized carbons (Fsp3) is 1.00. The van der Waals surface area contributed by atoms with Crippen LogP contribution in [0.1, 0.15) is 46.5 Å². The summed E-state index contributed by atoms with van der Waals surface area (Å²) in [4.78, 5) is 0. The van der Waals surface area contributed by atoms with E-state index in [1.807, 2.05) is 6.92 Å². The zero-order chi connectivity index (χ0) is 15.4. The van der Waals surface area contributed by atoms with E-state index in [1.54, 1.807) is 0 Å². The maximum Gasteiger partial charge on any atom is 0.500 e. The SMILES string of the molecule is CCCO[Si](CCCCOCC1CO1)(OCC)OCCC. The normalized spacial score (nSPS) is 18.1. The van der Waals surface area contributed by atoms with Crippen LogP contribution in [0.2, 0.25) is 6.04 Å². The average Bonchev–Trinajstić information content (AvgIpc) is 3.31. The molecule has 1 fully saturated rings. The zero-order valence-corrected chi connectivity index (χ0v) is 14.9. The molecule has 0 bridgehead atoms. The van der Waals surface area contributed by atoms with E-state index < -0.39 is 8.80 Å². The van der Waals surface area contributed by atoms with E-state index in [2.05, 4.69) is 13.8 Å². The van der Waals surface area contributed by atoms with Crippen molar-refractivity contribution in [3.63, 3.8) is 0 Å². The van der Waals surface area contributed by atoms with Crippen molar-refractivity contribution in [3.8, 4) is 0 Å². The highest BCUT2D eigenvalue weighted by Crippen LogP contribution is 2.20. The largest absolute Gasteiger partial charge is 0.500 e. The van der Waals surface area contributed by atoms with E-state index in [9.17, 15) is 0 Å². The molecule has 0 aliphatic carbocycles. The lowest BCUT2D eigenvalue weighted by Gasteiger charge is -2.29. The first-order valence-electron chi connectivity index (χ1n) is 8.37. The number of unbranched alkanes of at least 4 members (excludes halogenated alkanes) is 1. The van der Waals surface area contributed by atoms with Crippen molar-refractivity contribution in [2.45, 2.75) is 58.6 Å². The van der Waals surface area contributed by atoms with Crippen molar-refractivity contribution in [2.75, 3.05) is 39.6 Å². The third-order valence-corrected chi connectivity index (χ3v) is 6.13. The minimum absolute atomic E-state index is 0.350. The van der Waals surface area contributed by atoms with Crippen LogP contribution >= 0.6 is 0 Å². The molecule has 5 nitrogen and oxygen atoms in total. The molecule has 0 aromatic heterocycles. The van der Waals surface area contributed by atoms with Crippen LogP contribution in [0.3, 0.4) is 0 Å². The molecule has 6 heteroatoms. The Morgan fingerprint density at radius 3 is 2.14 bits per heavy atom. The van der Waals surface area contributed by atoms with Gasteiger partial charge in [-0.2, -0.15) is 0 Å². The van der Waals surface area contributed by atoms with Crippen molar-refractivity contribution in [1.82, 2.24) is 0 Å². The van der Waals surface area contributed by atoms with Gasteiger partial charge in [0.05, 0.1) is 13.2 Å². The summed E-state index contributed by atoms with van der Waals surface area (Å²) in [5.74, 6) is 0. The molecule has 1 saturated heterocycles. The van der Waals surface area contributed by atoms with Gasteiger partial charge in [-0.3, -0.25) is 0 Å². The minimum atomic E-state index is -2.49. The van der Waals surface area contributed by atoms with Crippen molar-refractivity contribution < 1.29 is 22.8 Å². The van der Waals surface area contributed by atoms with E-state index >= 15 is 0 Å². The molecule has 1 heterocycles. The first-order valence-corrected chi connectivity index (χ1v) is 10.3. The molecule has 0 amide bonds. The van der Waals surface area contributed by atoms with Crippen LogP contribution < -0.4 is 0 Å². The summed E-state index contributed by atoms with van der Waals surface area (Å²) in [5, 5.41) is 0. The minimum Gasteiger partial charge on any atom is -0.379 e. The predicted octanol–water partition coefficient (Wildman–Crippen LogP) is 3.01. The Balaban J connectivity index is 2.25. The van der Waals surface area contributed by atoms with E-state index in [0.717, 1.165) is 51.5 Å². The molecule has 1 rings (SSSR count). The maximum absolute atomic E-state index is 6.01. The molecule has 126 valence electrons. The Bertz CT molecular complexity index is 240. The zero-order valence-electron chi connectivity index (χ0n) is 13.9. The van der Waals surface area contributed by atoms with Crippen LogP contribution in [0, 0.1) is 0 Å². The molecule has 1 aliphatic heterocycles. The van der Waals surface area contributed by atoms with Gasteiger partial charge >= 0.3 is 8.80 Å². The Kier molecular flexibility index (Phi) is 10.5. The van der Waals surface area contributed by atoms with Crippen LogP contribution in [0.5, 0.6) is 0 Å². The summed E-state index contributed by atoms with van der Waals surface area (Å²) in [6, 6.07) is 0.879. The van der Waals surface area contributed by atoms with Crippen molar-refractivity contribution in [1.29, 1.82) is 0 Å². The van der Waals surface area contributed by atoms with Gasteiger partial charge in [-0.05, 0) is 32.6 Å². The summed E-state index contributed by atoms with van der Waals surface area (Å²) < 4.78 is 28.6. The number of hydrogen-bond acceptors (Lipinski definition) is 5.